The number of pyridine rings is 1. The number of methoxy groups -OCH3 is 1. The van der Waals surface area contributed by atoms with Gasteiger partial charge in [-0.15, -0.1) is 0 Å². The molecule has 0 N–H and O–H groups in total. The second-order valence-corrected chi connectivity index (χ2v) is 5.79. The first-order valence-corrected chi connectivity index (χ1v) is 7.90. The lowest BCUT2D eigenvalue weighted by Crippen LogP contribution is -2.49. The molecule has 1 aromatic heterocycles. The second-order valence-electron chi connectivity index (χ2n) is 5.79. The number of hydrogen-bond acceptors (Lipinski definition) is 4. The minimum atomic E-state index is -0.454. The van der Waals surface area contributed by atoms with Crippen molar-refractivity contribution < 1.29 is 14.3 Å². The van der Waals surface area contributed by atoms with Gasteiger partial charge in [0, 0.05) is 18.1 Å². The minimum absolute atomic E-state index is 0.0433. The van der Waals surface area contributed by atoms with Crippen LogP contribution in [0, 0.1) is 0 Å². The number of ether oxygens (including phenoxy) is 1. The van der Waals surface area contributed by atoms with Crippen molar-refractivity contribution in [3.8, 4) is 0 Å². The van der Waals surface area contributed by atoms with Gasteiger partial charge in [-0.1, -0.05) is 24.3 Å². The van der Waals surface area contributed by atoms with Gasteiger partial charge in [0.15, 0.2) is 0 Å². The summed E-state index contributed by atoms with van der Waals surface area (Å²) < 4.78 is 4.85. The van der Waals surface area contributed by atoms with E-state index in [4.69, 9.17) is 4.74 Å². The highest BCUT2D eigenvalue weighted by molar-refractivity contribution is 5.90. The maximum atomic E-state index is 12.7. The number of hydrogen-bond donors (Lipinski definition) is 0. The average Bonchev–Trinajstić information content (AvgIpc) is 2.61. The summed E-state index contributed by atoms with van der Waals surface area (Å²) in [4.78, 5) is 30.7. The number of rotatable bonds is 3. The van der Waals surface area contributed by atoms with Gasteiger partial charge in [-0.25, -0.2) is 4.79 Å². The first kappa shape index (κ1) is 15.5. The highest BCUT2D eigenvalue weighted by Gasteiger charge is 2.32. The highest BCUT2D eigenvalue weighted by atomic mass is 16.5. The summed E-state index contributed by atoms with van der Waals surface area (Å²) in [7, 11) is 1.37. The van der Waals surface area contributed by atoms with Gasteiger partial charge in [-0.05, 0) is 30.9 Å². The zero-order valence-electron chi connectivity index (χ0n) is 13.2. The third kappa shape index (κ3) is 3.18. The molecule has 0 radical (unpaired) electrons. The zero-order valence-corrected chi connectivity index (χ0v) is 13.2. The fourth-order valence-electron chi connectivity index (χ4n) is 3.19. The minimum Gasteiger partial charge on any atom is -0.467 e. The highest BCUT2D eigenvalue weighted by Crippen LogP contribution is 2.21. The molecule has 1 aliphatic rings. The smallest absolute Gasteiger partial charge is 0.328 e. The molecule has 1 amide bonds. The Morgan fingerprint density at radius 2 is 2.09 bits per heavy atom. The molecule has 23 heavy (non-hydrogen) atoms. The number of benzene rings is 1. The van der Waals surface area contributed by atoms with Gasteiger partial charge in [0.05, 0.1) is 19.0 Å². The first-order valence-electron chi connectivity index (χ1n) is 7.90. The lowest BCUT2D eigenvalue weighted by Gasteiger charge is -2.33. The Kier molecular flexibility index (Phi) is 4.55. The second kappa shape index (κ2) is 6.77. The van der Waals surface area contributed by atoms with Gasteiger partial charge >= 0.3 is 5.97 Å². The number of para-hydroxylation sites is 1. The van der Waals surface area contributed by atoms with E-state index in [9.17, 15) is 9.59 Å². The number of carbonyl (C=O) groups is 2. The van der Waals surface area contributed by atoms with Crippen molar-refractivity contribution in [2.75, 3.05) is 13.7 Å². The van der Waals surface area contributed by atoms with E-state index in [-0.39, 0.29) is 18.3 Å². The summed E-state index contributed by atoms with van der Waals surface area (Å²) in [5.74, 6) is -0.368. The molecular weight excluding hydrogens is 292 g/mol. The number of fused-ring (bicyclic) bond motifs is 1. The van der Waals surface area contributed by atoms with Crippen LogP contribution >= 0.6 is 0 Å². The first-order chi connectivity index (χ1) is 11.2. The standard InChI is InChI=1S/C18H20N2O3/c1-23-18(22)15-9-2-3-11-20(15)16(21)12-14-7-4-6-13-8-5-10-19-17(13)14/h4-8,10,15H,2-3,9,11-12H2,1H3. The van der Waals surface area contributed by atoms with Crippen molar-refractivity contribution in [3.05, 3.63) is 42.1 Å². The number of aromatic nitrogens is 1. The molecular formula is C18H20N2O3. The molecule has 3 rings (SSSR count). The van der Waals surface area contributed by atoms with Crippen molar-refractivity contribution in [3.63, 3.8) is 0 Å². The topological polar surface area (TPSA) is 59.5 Å². The van der Waals surface area contributed by atoms with E-state index in [0.29, 0.717) is 13.0 Å². The Labute approximate surface area is 135 Å². The quantitative estimate of drug-likeness (QED) is 0.816. The molecule has 1 aromatic carbocycles. The van der Waals surface area contributed by atoms with E-state index in [1.807, 2.05) is 30.3 Å². The van der Waals surface area contributed by atoms with E-state index in [0.717, 1.165) is 29.3 Å². The molecule has 1 atom stereocenters. The molecule has 2 heterocycles. The third-order valence-electron chi connectivity index (χ3n) is 4.35. The molecule has 1 saturated heterocycles. The van der Waals surface area contributed by atoms with Crippen molar-refractivity contribution in [2.24, 2.45) is 0 Å². The van der Waals surface area contributed by atoms with Crippen molar-refractivity contribution >= 4 is 22.8 Å². The van der Waals surface area contributed by atoms with Crippen LogP contribution in [0.1, 0.15) is 24.8 Å². The van der Waals surface area contributed by atoms with Crippen molar-refractivity contribution in [1.29, 1.82) is 0 Å². The molecule has 0 bridgehead atoms. The summed E-state index contributed by atoms with van der Waals surface area (Å²) in [6.45, 7) is 0.608. The maximum absolute atomic E-state index is 12.7. The molecule has 0 spiro atoms. The molecule has 0 saturated carbocycles. The Hall–Kier alpha value is -2.43. The van der Waals surface area contributed by atoms with Crippen LogP contribution in [0.3, 0.4) is 0 Å². The van der Waals surface area contributed by atoms with E-state index in [1.54, 1.807) is 11.1 Å². The summed E-state index contributed by atoms with van der Waals surface area (Å²) in [6.07, 6.45) is 4.52. The molecule has 120 valence electrons. The fourth-order valence-corrected chi connectivity index (χ4v) is 3.19. The van der Waals surface area contributed by atoms with Gasteiger partial charge in [0.2, 0.25) is 5.91 Å². The predicted octanol–water partition coefficient (Wildman–Crippen LogP) is 2.33. The van der Waals surface area contributed by atoms with Crippen molar-refractivity contribution in [1.82, 2.24) is 9.88 Å². The Balaban J connectivity index is 1.83. The lowest BCUT2D eigenvalue weighted by atomic mass is 10.00. The maximum Gasteiger partial charge on any atom is 0.328 e. The molecule has 5 heteroatoms. The van der Waals surface area contributed by atoms with Crippen LogP contribution in [0.15, 0.2) is 36.5 Å². The monoisotopic (exact) mass is 312 g/mol. The van der Waals surface area contributed by atoms with E-state index in [1.165, 1.54) is 7.11 Å². The Morgan fingerprint density at radius 1 is 1.26 bits per heavy atom. The van der Waals surface area contributed by atoms with Gasteiger partial charge in [-0.2, -0.15) is 0 Å². The molecule has 5 nitrogen and oxygen atoms in total. The van der Waals surface area contributed by atoms with Crippen LogP contribution in [0.4, 0.5) is 0 Å². The molecule has 1 aliphatic heterocycles. The number of nitrogens with zero attached hydrogens (tertiary/aromatic N) is 2. The summed E-state index contributed by atoms with van der Waals surface area (Å²) in [5.41, 5.74) is 1.73. The molecule has 1 unspecified atom stereocenters. The summed E-state index contributed by atoms with van der Waals surface area (Å²) >= 11 is 0. The number of esters is 1. The van der Waals surface area contributed by atoms with Gasteiger partial charge in [-0.3, -0.25) is 9.78 Å². The number of piperidine rings is 1. The van der Waals surface area contributed by atoms with Gasteiger partial charge in [0.1, 0.15) is 6.04 Å². The van der Waals surface area contributed by atoms with Crippen LogP contribution in [0.2, 0.25) is 0 Å². The lowest BCUT2D eigenvalue weighted by molar-refractivity contribution is -0.154. The molecule has 1 fully saturated rings. The number of amides is 1. The van der Waals surface area contributed by atoms with Crippen molar-refractivity contribution in [2.45, 2.75) is 31.7 Å². The fraction of sp³-hybridized carbons (Fsp3) is 0.389. The van der Waals surface area contributed by atoms with Gasteiger partial charge in [0.25, 0.3) is 0 Å². The van der Waals surface area contributed by atoms with E-state index >= 15 is 0 Å². The number of carbonyl (C=O) groups excluding carboxylic acids is 2. The zero-order chi connectivity index (χ0) is 16.2. The van der Waals surface area contributed by atoms with Crippen LogP contribution < -0.4 is 0 Å². The van der Waals surface area contributed by atoms with Crippen LogP contribution in [0.5, 0.6) is 0 Å². The summed E-state index contributed by atoms with van der Waals surface area (Å²) in [6, 6.07) is 9.24. The van der Waals surface area contributed by atoms with Gasteiger partial charge < -0.3 is 9.64 Å². The van der Waals surface area contributed by atoms with Crippen LogP contribution in [-0.2, 0) is 20.7 Å². The molecule has 2 aromatic rings. The van der Waals surface area contributed by atoms with Crippen LogP contribution in [0.25, 0.3) is 10.9 Å². The summed E-state index contributed by atoms with van der Waals surface area (Å²) in [5, 5.41) is 1.01. The normalized spacial score (nSPS) is 18.0. The predicted molar refractivity (Wildman–Crippen MR) is 86.8 cm³/mol. The van der Waals surface area contributed by atoms with E-state index in [2.05, 4.69) is 4.98 Å². The van der Waals surface area contributed by atoms with Crippen LogP contribution in [-0.4, -0.2) is 41.5 Å². The molecule has 0 aliphatic carbocycles. The van der Waals surface area contributed by atoms with E-state index < -0.39 is 6.04 Å². The SMILES string of the molecule is COC(=O)C1CCCCN1C(=O)Cc1cccc2cccnc12. The number of likely N-dealkylation sites (tertiary alicyclic amines) is 1. The Morgan fingerprint density at radius 3 is 2.91 bits per heavy atom. The Bertz CT molecular complexity index is 724. The average molecular weight is 312 g/mol. The largest absolute Gasteiger partial charge is 0.467 e. The third-order valence-corrected chi connectivity index (χ3v) is 4.35.